The van der Waals surface area contributed by atoms with Crippen molar-refractivity contribution >= 4 is 23.2 Å². The van der Waals surface area contributed by atoms with Gasteiger partial charge in [-0.3, -0.25) is 4.98 Å². The number of aliphatic hydroxyl groups is 1. The van der Waals surface area contributed by atoms with E-state index in [1.54, 1.807) is 24.4 Å². The van der Waals surface area contributed by atoms with Gasteiger partial charge >= 0.3 is 0 Å². The first kappa shape index (κ1) is 13.9. The molecule has 1 aliphatic carbocycles. The highest BCUT2D eigenvalue weighted by Gasteiger charge is 2.29. The topological polar surface area (TPSA) is 33.1 Å². The maximum atomic E-state index is 10.7. The molecular weight excluding hydrogens is 293 g/mol. The molecule has 0 fully saturated rings. The largest absolute Gasteiger partial charge is 0.388 e. The summed E-state index contributed by atoms with van der Waals surface area (Å²) in [6.45, 7) is 0. The second-order valence-electron chi connectivity index (χ2n) is 5.16. The molecule has 0 saturated heterocycles. The van der Waals surface area contributed by atoms with Gasteiger partial charge in [0.2, 0.25) is 0 Å². The Balaban J connectivity index is 1.97. The first-order valence-corrected chi connectivity index (χ1v) is 7.49. The lowest BCUT2D eigenvalue weighted by Gasteiger charge is -2.29. The number of halogens is 2. The Morgan fingerprint density at radius 1 is 1.25 bits per heavy atom. The zero-order chi connectivity index (χ0) is 14.1. The predicted molar refractivity (Wildman–Crippen MR) is 81.3 cm³/mol. The number of hydrogen-bond donors (Lipinski definition) is 1. The van der Waals surface area contributed by atoms with E-state index >= 15 is 0 Å². The molecule has 2 nitrogen and oxygen atoms in total. The molecule has 2 aromatic rings. The molecule has 1 aromatic carbocycles. The zero-order valence-electron chi connectivity index (χ0n) is 10.9. The zero-order valence-corrected chi connectivity index (χ0v) is 12.4. The number of rotatable bonds is 2. The third-order valence-electron chi connectivity index (χ3n) is 3.90. The maximum absolute atomic E-state index is 10.7. The summed E-state index contributed by atoms with van der Waals surface area (Å²) < 4.78 is 0. The quantitative estimate of drug-likeness (QED) is 0.883. The van der Waals surface area contributed by atoms with Crippen LogP contribution in [0.5, 0.6) is 0 Å². The summed E-state index contributed by atoms with van der Waals surface area (Å²) in [4.78, 5) is 4.47. The maximum Gasteiger partial charge on any atom is 0.0888 e. The Hall–Kier alpha value is -1.09. The highest BCUT2D eigenvalue weighted by atomic mass is 35.5. The highest BCUT2D eigenvalue weighted by Crippen LogP contribution is 2.41. The summed E-state index contributed by atoms with van der Waals surface area (Å²) in [6.07, 6.45) is 4.15. The van der Waals surface area contributed by atoms with Gasteiger partial charge in [-0.15, -0.1) is 0 Å². The molecule has 1 heterocycles. The smallest absolute Gasteiger partial charge is 0.0888 e. The lowest BCUT2D eigenvalue weighted by molar-refractivity contribution is 0.134. The van der Waals surface area contributed by atoms with Crippen molar-refractivity contribution in [2.75, 3.05) is 0 Å². The summed E-state index contributed by atoms with van der Waals surface area (Å²) in [5, 5.41) is 11.8. The van der Waals surface area contributed by atoms with Gasteiger partial charge in [0.1, 0.15) is 0 Å². The molecule has 4 heteroatoms. The van der Waals surface area contributed by atoms with Gasteiger partial charge in [0, 0.05) is 27.9 Å². The van der Waals surface area contributed by atoms with E-state index in [0.29, 0.717) is 10.0 Å². The van der Waals surface area contributed by atoms with Crippen molar-refractivity contribution in [3.8, 4) is 0 Å². The predicted octanol–water partition coefficient (Wildman–Crippen LogP) is 4.54. The fourth-order valence-electron chi connectivity index (χ4n) is 2.91. The molecule has 104 valence electrons. The molecule has 1 aromatic heterocycles. The van der Waals surface area contributed by atoms with Gasteiger partial charge < -0.3 is 5.11 Å². The first-order chi connectivity index (χ1) is 9.66. The van der Waals surface area contributed by atoms with E-state index in [1.807, 2.05) is 6.07 Å². The van der Waals surface area contributed by atoms with Gasteiger partial charge in [-0.05, 0) is 48.6 Å². The molecule has 0 bridgehead atoms. The van der Waals surface area contributed by atoms with Crippen LogP contribution in [0.2, 0.25) is 10.0 Å². The lowest BCUT2D eigenvalue weighted by atomic mass is 9.81. The molecule has 0 saturated carbocycles. The standard InChI is InChI=1S/C16H15Cl2NO/c17-11-6-7-12(14(18)9-11)16(20)13-5-1-3-10-4-2-8-19-15(10)13/h2,4,6-9,13,16,20H,1,3,5H2. The average molecular weight is 308 g/mol. The molecule has 0 amide bonds. The highest BCUT2D eigenvalue weighted by molar-refractivity contribution is 6.35. The minimum Gasteiger partial charge on any atom is -0.388 e. The number of aryl methyl sites for hydroxylation is 1. The molecule has 2 unspecified atom stereocenters. The van der Waals surface area contributed by atoms with Crippen molar-refractivity contribution < 1.29 is 5.11 Å². The number of hydrogen-bond acceptors (Lipinski definition) is 2. The molecule has 1 aliphatic rings. The van der Waals surface area contributed by atoms with Crippen LogP contribution in [-0.4, -0.2) is 10.1 Å². The molecule has 2 atom stereocenters. The Kier molecular flexibility index (Phi) is 3.97. The Labute approximate surface area is 128 Å². The van der Waals surface area contributed by atoms with Crippen LogP contribution < -0.4 is 0 Å². The van der Waals surface area contributed by atoms with Crippen molar-refractivity contribution in [1.29, 1.82) is 0 Å². The van der Waals surface area contributed by atoms with Gasteiger partial charge in [0.15, 0.2) is 0 Å². The molecular formula is C16H15Cl2NO. The van der Waals surface area contributed by atoms with Gasteiger partial charge in [-0.25, -0.2) is 0 Å². The summed E-state index contributed by atoms with van der Waals surface area (Å²) in [7, 11) is 0. The van der Waals surface area contributed by atoms with Crippen LogP contribution in [0.15, 0.2) is 36.5 Å². The van der Waals surface area contributed by atoms with E-state index in [4.69, 9.17) is 23.2 Å². The van der Waals surface area contributed by atoms with Crippen LogP contribution in [0, 0.1) is 0 Å². The van der Waals surface area contributed by atoms with E-state index in [2.05, 4.69) is 11.1 Å². The van der Waals surface area contributed by atoms with Crippen molar-refractivity contribution in [3.05, 3.63) is 63.4 Å². The molecule has 0 spiro atoms. The van der Waals surface area contributed by atoms with E-state index < -0.39 is 6.10 Å². The van der Waals surface area contributed by atoms with Crippen LogP contribution >= 0.6 is 23.2 Å². The van der Waals surface area contributed by atoms with Gasteiger partial charge in [0.25, 0.3) is 0 Å². The molecule has 20 heavy (non-hydrogen) atoms. The fourth-order valence-corrected chi connectivity index (χ4v) is 3.43. The summed E-state index contributed by atoms with van der Waals surface area (Å²) in [5.41, 5.74) is 2.95. The van der Waals surface area contributed by atoms with Crippen molar-refractivity contribution in [1.82, 2.24) is 4.98 Å². The number of nitrogens with zero attached hydrogens (tertiary/aromatic N) is 1. The second-order valence-corrected chi connectivity index (χ2v) is 6.00. The number of fused-ring (bicyclic) bond motifs is 1. The van der Waals surface area contributed by atoms with E-state index in [1.165, 1.54) is 5.56 Å². The summed E-state index contributed by atoms with van der Waals surface area (Å²) in [5.74, 6) is -0.00127. The van der Waals surface area contributed by atoms with Crippen molar-refractivity contribution in [2.24, 2.45) is 0 Å². The van der Waals surface area contributed by atoms with Gasteiger partial charge in [0.05, 0.1) is 6.10 Å². The minimum absolute atomic E-state index is 0.00127. The van der Waals surface area contributed by atoms with E-state index in [0.717, 1.165) is 30.5 Å². The molecule has 0 radical (unpaired) electrons. The monoisotopic (exact) mass is 307 g/mol. The van der Waals surface area contributed by atoms with Crippen LogP contribution in [0.3, 0.4) is 0 Å². The van der Waals surface area contributed by atoms with E-state index in [-0.39, 0.29) is 5.92 Å². The number of pyridine rings is 1. The Morgan fingerprint density at radius 2 is 2.10 bits per heavy atom. The van der Waals surface area contributed by atoms with E-state index in [9.17, 15) is 5.11 Å². The minimum atomic E-state index is -0.645. The molecule has 1 N–H and O–H groups in total. The summed E-state index contributed by atoms with van der Waals surface area (Å²) >= 11 is 12.1. The first-order valence-electron chi connectivity index (χ1n) is 6.73. The van der Waals surface area contributed by atoms with Crippen LogP contribution in [0.25, 0.3) is 0 Å². The van der Waals surface area contributed by atoms with Crippen molar-refractivity contribution in [2.45, 2.75) is 31.3 Å². The number of aliphatic hydroxyl groups excluding tert-OH is 1. The van der Waals surface area contributed by atoms with Crippen molar-refractivity contribution in [3.63, 3.8) is 0 Å². The third-order valence-corrected chi connectivity index (χ3v) is 4.46. The SMILES string of the molecule is OC(c1ccc(Cl)cc1Cl)C1CCCc2cccnc21. The Morgan fingerprint density at radius 3 is 2.90 bits per heavy atom. The summed E-state index contributed by atoms with van der Waals surface area (Å²) in [6, 6.07) is 9.26. The van der Waals surface area contributed by atoms with Crippen LogP contribution in [-0.2, 0) is 6.42 Å². The fraction of sp³-hybridized carbons (Fsp3) is 0.312. The van der Waals surface area contributed by atoms with Gasteiger partial charge in [-0.1, -0.05) is 35.3 Å². The third kappa shape index (κ3) is 2.56. The molecule has 3 rings (SSSR count). The lowest BCUT2D eigenvalue weighted by Crippen LogP contribution is -2.18. The Bertz CT molecular complexity index is 630. The normalized spacial score (nSPS) is 19.4. The van der Waals surface area contributed by atoms with Crippen LogP contribution in [0.1, 0.15) is 41.7 Å². The van der Waals surface area contributed by atoms with Crippen LogP contribution in [0.4, 0.5) is 0 Å². The second kappa shape index (κ2) is 5.72. The number of aromatic nitrogens is 1. The van der Waals surface area contributed by atoms with Gasteiger partial charge in [-0.2, -0.15) is 0 Å². The number of benzene rings is 1. The molecule has 0 aliphatic heterocycles. The average Bonchev–Trinajstić information content (AvgIpc) is 2.46.